The first kappa shape index (κ1) is 15.7. The molecule has 0 aliphatic rings. The Morgan fingerprint density at radius 3 is 2.64 bits per heavy atom. The molecule has 2 aromatic rings. The highest BCUT2D eigenvalue weighted by Crippen LogP contribution is 2.19. The lowest BCUT2D eigenvalue weighted by Gasteiger charge is -2.08. The number of hydrogen-bond donors (Lipinski definition) is 2. The zero-order valence-electron chi connectivity index (χ0n) is 11.0. The summed E-state index contributed by atoms with van der Waals surface area (Å²) in [6.07, 6.45) is 1.07. The number of carbonyl (C=O) groups is 2. The number of nitrogens with zero attached hydrogens (tertiary/aromatic N) is 1. The molecule has 0 unspecified atom stereocenters. The third kappa shape index (κ3) is 3.70. The molecule has 2 rings (SSSR count). The van der Waals surface area contributed by atoms with Crippen LogP contribution in [-0.2, 0) is 11.3 Å². The Morgan fingerprint density at radius 1 is 1.27 bits per heavy atom. The van der Waals surface area contributed by atoms with Crippen molar-refractivity contribution >= 4 is 29.2 Å². The summed E-state index contributed by atoms with van der Waals surface area (Å²) in [6.45, 7) is -0.380. The van der Waals surface area contributed by atoms with E-state index in [-0.39, 0.29) is 22.8 Å². The Balaban J connectivity index is 2.15. The molecular formula is C14H10ClFN2O4. The van der Waals surface area contributed by atoms with E-state index in [0.717, 1.165) is 29.0 Å². The molecule has 0 aliphatic heterocycles. The summed E-state index contributed by atoms with van der Waals surface area (Å²) in [6, 6.07) is 5.85. The molecule has 0 atom stereocenters. The number of hydrogen-bond acceptors (Lipinski definition) is 3. The van der Waals surface area contributed by atoms with Gasteiger partial charge in [0.2, 0.25) is 5.91 Å². The maximum absolute atomic E-state index is 13.0. The molecule has 0 bridgehead atoms. The highest BCUT2D eigenvalue weighted by atomic mass is 35.5. The zero-order valence-corrected chi connectivity index (χ0v) is 11.8. The average molecular weight is 325 g/mol. The van der Waals surface area contributed by atoms with Gasteiger partial charge in [-0.1, -0.05) is 11.6 Å². The Kier molecular flexibility index (Phi) is 4.57. The zero-order chi connectivity index (χ0) is 16.3. The molecule has 1 aromatic heterocycles. The van der Waals surface area contributed by atoms with Crippen molar-refractivity contribution < 1.29 is 19.1 Å². The molecule has 2 N–H and O–H groups in total. The summed E-state index contributed by atoms with van der Waals surface area (Å²) in [4.78, 5) is 34.3. The van der Waals surface area contributed by atoms with Gasteiger partial charge in [0.1, 0.15) is 12.4 Å². The molecule has 1 aromatic carbocycles. The summed E-state index contributed by atoms with van der Waals surface area (Å²) in [5.74, 6) is -2.41. The van der Waals surface area contributed by atoms with Gasteiger partial charge >= 0.3 is 5.97 Å². The van der Waals surface area contributed by atoms with Gasteiger partial charge in [-0.05, 0) is 24.3 Å². The van der Waals surface area contributed by atoms with Crippen molar-refractivity contribution in [2.75, 3.05) is 5.32 Å². The van der Waals surface area contributed by atoms with Gasteiger partial charge in [-0.2, -0.15) is 0 Å². The quantitative estimate of drug-likeness (QED) is 0.900. The molecule has 22 heavy (non-hydrogen) atoms. The van der Waals surface area contributed by atoms with E-state index < -0.39 is 23.3 Å². The smallest absolute Gasteiger partial charge is 0.337 e. The molecular weight excluding hydrogens is 315 g/mol. The van der Waals surface area contributed by atoms with Crippen LogP contribution in [0.15, 0.2) is 41.3 Å². The van der Waals surface area contributed by atoms with Crippen molar-refractivity contribution in [3.8, 4) is 0 Å². The number of rotatable bonds is 4. The summed E-state index contributed by atoms with van der Waals surface area (Å²) in [5, 5.41) is 11.1. The number of carboxylic acids is 1. The molecule has 0 aliphatic carbocycles. The summed E-state index contributed by atoms with van der Waals surface area (Å²) >= 11 is 5.59. The first-order valence-corrected chi connectivity index (χ1v) is 6.43. The normalized spacial score (nSPS) is 10.3. The van der Waals surface area contributed by atoms with Crippen LogP contribution in [0.4, 0.5) is 10.1 Å². The predicted molar refractivity (Wildman–Crippen MR) is 77.7 cm³/mol. The van der Waals surface area contributed by atoms with E-state index in [2.05, 4.69) is 5.32 Å². The number of aromatic nitrogens is 1. The maximum atomic E-state index is 13.0. The Morgan fingerprint density at radius 2 is 2.00 bits per heavy atom. The second-order valence-corrected chi connectivity index (χ2v) is 4.77. The van der Waals surface area contributed by atoms with E-state index in [0.29, 0.717) is 0 Å². The van der Waals surface area contributed by atoms with E-state index in [4.69, 9.17) is 16.7 Å². The number of carboxylic acid groups (broad SMARTS) is 1. The fourth-order valence-electron chi connectivity index (χ4n) is 1.71. The molecule has 6 nitrogen and oxygen atoms in total. The third-order valence-electron chi connectivity index (χ3n) is 2.75. The van der Waals surface area contributed by atoms with Crippen molar-refractivity contribution in [2.24, 2.45) is 0 Å². The molecule has 1 heterocycles. The number of aromatic carboxylic acids is 1. The van der Waals surface area contributed by atoms with Gasteiger partial charge in [-0.3, -0.25) is 9.59 Å². The minimum Gasteiger partial charge on any atom is -0.478 e. The molecule has 0 saturated carbocycles. The number of halogens is 2. The van der Waals surface area contributed by atoms with Crippen molar-refractivity contribution in [1.29, 1.82) is 0 Å². The number of pyridine rings is 1. The van der Waals surface area contributed by atoms with E-state index in [1.807, 2.05) is 0 Å². The van der Waals surface area contributed by atoms with E-state index in [9.17, 15) is 18.8 Å². The predicted octanol–water partition coefficient (Wildman–Crippen LogP) is 1.98. The van der Waals surface area contributed by atoms with Crippen molar-refractivity contribution in [3.05, 3.63) is 63.3 Å². The van der Waals surface area contributed by atoms with E-state index in [1.165, 1.54) is 12.1 Å². The molecule has 8 heteroatoms. The second-order valence-electron chi connectivity index (χ2n) is 4.37. The van der Waals surface area contributed by atoms with Crippen molar-refractivity contribution in [2.45, 2.75) is 6.54 Å². The van der Waals surface area contributed by atoms with Crippen LogP contribution in [0.3, 0.4) is 0 Å². The van der Waals surface area contributed by atoms with E-state index in [1.54, 1.807) is 0 Å². The van der Waals surface area contributed by atoms with Crippen LogP contribution in [0.5, 0.6) is 0 Å². The van der Waals surface area contributed by atoms with Crippen LogP contribution < -0.4 is 10.9 Å². The lowest BCUT2D eigenvalue weighted by molar-refractivity contribution is -0.116. The summed E-state index contributed by atoms with van der Waals surface area (Å²) in [5.41, 5.74) is -0.367. The van der Waals surface area contributed by atoms with Crippen LogP contribution in [0.1, 0.15) is 10.4 Å². The lowest BCUT2D eigenvalue weighted by Crippen LogP contribution is -2.27. The first-order valence-electron chi connectivity index (χ1n) is 6.05. The monoisotopic (exact) mass is 324 g/mol. The van der Waals surface area contributed by atoms with E-state index >= 15 is 0 Å². The van der Waals surface area contributed by atoms with Crippen LogP contribution in [0, 0.1) is 5.82 Å². The second kappa shape index (κ2) is 6.40. The van der Waals surface area contributed by atoms with Crippen LogP contribution >= 0.6 is 11.6 Å². The Hall–Kier alpha value is -2.67. The van der Waals surface area contributed by atoms with Gasteiger partial charge in [0.05, 0.1) is 10.6 Å². The van der Waals surface area contributed by atoms with Gasteiger partial charge < -0.3 is 15.0 Å². The number of benzene rings is 1. The highest BCUT2D eigenvalue weighted by molar-refractivity contribution is 6.31. The number of carbonyl (C=O) groups excluding carboxylic acids is 1. The first-order chi connectivity index (χ1) is 10.4. The largest absolute Gasteiger partial charge is 0.478 e. The molecule has 114 valence electrons. The van der Waals surface area contributed by atoms with Gasteiger partial charge in [0, 0.05) is 18.0 Å². The average Bonchev–Trinajstić information content (AvgIpc) is 2.45. The standard InChI is InChI=1S/C14H10ClFN2O4/c15-10-5-9(2-3-11(10)16)17-12(19)7-18-6-8(14(21)22)1-4-13(18)20/h1-6H,7H2,(H,17,19)(H,21,22). The fourth-order valence-corrected chi connectivity index (χ4v) is 1.89. The van der Waals surface area contributed by atoms with Gasteiger partial charge in [0.25, 0.3) is 5.56 Å². The number of anilines is 1. The topological polar surface area (TPSA) is 88.4 Å². The van der Waals surface area contributed by atoms with Crippen LogP contribution in [0.25, 0.3) is 0 Å². The molecule has 0 saturated heterocycles. The SMILES string of the molecule is O=C(Cn1cc(C(=O)O)ccc1=O)Nc1ccc(F)c(Cl)c1. The minimum absolute atomic E-state index is 0.114. The highest BCUT2D eigenvalue weighted by Gasteiger charge is 2.10. The molecule has 0 radical (unpaired) electrons. The third-order valence-corrected chi connectivity index (χ3v) is 3.04. The number of amides is 1. The Bertz CT molecular complexity index is 804. The van der Waals surface area contributed by atoms with Gasteiger partial charge in [-0.25, -0.2) is 9.18 Å². The lowest BCUT2D eigenvalue weighted by atomic mass is 10.3. The van der Waals surface area contributed by atoms with Gasteiger partial charge in [0.15, 0.2) is 0 Å². The van der Waals surface area contributed by atoms with Crippen LogP contribution in [0.2, 0.25) is 5.02 Å². The number of nitrogens with one attached hydrogen (secondary N) is 1. The Labute approximate surface area is 128 Å². The molecule has 0 fully saturated rings. The minimum atomic E-state index is -1.21. The van der Waals surface area contributed by atoms with Crippen LogP contribution in [-0.4, -0.2) is 21.6 Å². The maximum Gasteiger partial charge on any atom is 0.337 e. The molecule has 1 amide bonds. The van der Waals surface area contributed by atoms with Crippen molar-refractivity contribution in [1.82, 2.24) is 4.57 Å². The van der Waals surface area contributed by atoms with Gasteiger partial charge in [-0.15, -0.1) is 0 Å². The van der Waals surface area contributed by atoms with Crippen molar-refractivity contribution in [3.63, 3.8) is 0 Å². The summed E-state index contributed by atoms with van der Waals surface area (Å²) < 4.78 is 14.0. The summed E-state index contributed by atoms with van der Waals surface area (Å²) in [7, 11) is 0. The fraction of sp³-hybridized carbons (Fsp3) is 0.0714. The molecule has 0 spiro atoms.